The number of benzene rings is 2. The lowest BCUT2D eigenvalue weighted by atomic mass is 10.2. The van der Waals surface area contributed by atoms with Crippen LogP contribution in [0.25, 0.3) is 10.2 Å². The van der Waals surface area contributed by atoms with Crippen LogP contribution in [0.4, 0.5) is 10.8 Å². The van der Waals surface area contributed by atoms with Crippen LogP contribution in [0.1, 0.15) is 12.5 Å². The van der Waals surface area contributed by atoms with E-state index < -0.39 is 0 Å². The lowest BCUT2D eigenvalue weighted by Crippen LogP contribution is -2.46. The smallest absolute Gasteiger partial charge is 0.186 e. The van der Waals surface area contributed by atoms with Crippen molar-refractivity contribution in [1.29, 1.82) is 0 Å². The number of hydrogen-bond donors (Lipinski definition) is 0. The Balaban J connectivity index is 1.51. The molecule has 1 aliphatic rings. The summed E-state index contributed by atoms with van der Waals surface area (Å²) >= 11 is 14.3. The predicted octanol–water partition coefficient (Wildman–Crippen LogP) is 5.49. The van der Waals surface area contributed by atoms with Crippen LogP contribution < -0.4 is 9.80 Å². The highest BCUT2D eigenvalue weighted by molar-refractivity contribution is 7.22. The van der Waals surface area contributed by atoms with Crippen LogP contribution in [-0.2, 0) is 6.42 Å². The van der Waals surface area contributed by atoms with E-state index in [1.54, 1.807) is 11.3 Å². The van der Waals surface area contributed by atoms with Crippen LogP contribution in [0.3, 0.4) is 0 Å². The Morgan fingerprint density at radius 1 is 1.04 bits per heavy atom. The molecule has 2 heterocycles. The molecular weight excluding hydrogens is 373 g/mol. The van der Waals surface area contributed by atoms with Crippen LogP contribution in [0.15, 0.2) is 36.4 Å². The maximum Gasteiger partial charge on any atom is 0.186 e. The molecule has 0 N–H and O–H groups in total. The van der Waals surface area contributed by atoms with Crippen molar-refractivity contribution in [1.82, 2.24) is 4.98 Å². The number of nitrogens with zero attached hydrogens (tertiary/aromatic N) is 3. The van der Waals surface area contributed by atoms with Crippen molar-refractivity contribution in [3.63, 3.8) is 0 Å². The molecule has 2 aromatic carbocycles. The van der Waals surface area contributed by atoms with Gasteiger partial charge in [-0.2, -0.15) is 0 Å². The van der Waals surface area contributed by atoms with Crippen molar-refractivity contribution >= 4 is 55.6 Å². The standard InChI is InChI=1S/C19H19Cl2N3S/c1-2-13-6-7-15-17(12-13)25-19(22-15)24-10-8-23(9-11-24)16-5-3-4-14(20)18(16)21/h3-7,12H,2,8-11H2,1H3. The lowest BCUT2D eigenvalue weighted by Gasteiger charge is -2.36. The number of rotatable bonds is 3. The van der Waals surface area contributed by atoms with Gasteiger partial charge < -0.3 is 9.80 Å². The number of fused-ring (bicyclic) bond motifs is 1. The van der Waals surface area contributed by atoms with E-state index in [2.05, 4.69) is 34.9 Å². The Morgan fingerprint density at radius 2 is 1.80 bits per heavy atom. The third-order valence-electron chi connectivity index (χ3n) is 4.67. The van der Waals surface area contributed by atoms with Gasteiger partial charge in [0.1, 0.15) is 0 Å². The predicted molar refractivity (Wildman–Crippen MR) is 110 cm³/mol. The zero-order valence-electron chi connectivity index (χ0n) is 14.0. The molecule has 3 aromatic rings. The summed E-state index contributed by atoms with van der Waals surface area (Å²) in [6.45, 7) is 5.88. The van der Waals surface area contributed by atoms with Gasteiger partial charge in [-0.25, -0.2) is 4.98 Å². The van der Waals surface area contributed by atoms with Crippen LogP contribution in [0.5, 0.6) is 0 Å². The highest BCUT2D eigenvalue weighted by Gasteiger charge is 2.22. The third-order valence-corrected chi connectivity index (χ3v) is 6.56. The fraction of sp³-hybridized carbons (Fsp3) is 0.316. The van der Waals surface area contributed by atoms with Crippen LogP contribution >= 0.6 is 34.5 Å². The van der Waals surface area contributed by atoms with Crippen LogP contribution in [0.2, 0.25) is 10.0 Å². The van der Waals surface area contributed by atoms with E-state index in [4.69, 9.17) is 28.2 Å². The molecule has 1 fully saturated rings. The van der Waals surface area contributed by atoms with Crippen molar-refractivity contribution in [2.45, 2.75) is 13.3 Å². The Bertz CT molecular complexity index is 901. The number of aromatic nitrogens is 1. The monoisotopic (exact) mass is 391 g/mol. The molecule has 1 aliphatic heterocycles. The van der Waals surface area contributed by atoms with Crippen molar-refractivity contribution < 1.29 is 0 Å². The molecule has 0 saturated carbocycles. The fourth-order valence-electron chi connectivity index (χ4n) is 3.19. The van der Waals surface area contributed by atoms with Crippen LogP contribution in [0, 0.1) is 0 Å². The second-order valence-corrected chi connectivity index (χ2v) is 7.99. The minimum absolute atomic E-state index is 0.611. The molecule has 4 rings (SSSR count). The van der Waals surface area contributed by atoms with Gasteiger partial charge in [0, 0.05) is 26.2 Å². The summed E-state index contributed by atoms with van der Waals surface area (Å²) in [7, 11) is 0. The van der Waals surface area contributed by atoms with Crippen molar-refractivity contribution in [3.8, 4) is 0 Å². The quantitative estimate of drug-likeness (QED) is 0.587. The molecule has 0 bridgehead atoms. The summed E-state index contributed by atoms with van der Waals surface area (Å²) in [4.78, 5) is 9.49. The molecular formula is C19H19Cl2N3S. The van der Waals surface area contributed by atoms with Gasteiger partial charge >= 0.3 is 0 Å². The number of halogens is 2. The maximum absolute atomic E-state index is 6.36. The Hall–Kier alpha value is -1.49. The van der Waals surface area contributed by atoms with E-state index in [0.717, 1.165) is 48.9 Å². The minimum Gasteiger partial charge on any atom is -0.367 e. The number of anilines is 2. The number of piperazine rings is 1. The highest BCUT2D eigenvalue weighted by Crippen LogP contribution is 2.34. The first kappa shape index (κ1) is 17.0. The minimum atomic E-state index is 0.611. The normalized spacial score (nSPS) is 15.2. The first-order valence-electron chi connectivity index (χ1n) is 8.49. The van der Waals surface area contributed by atoms with Gasteiger partial charge in [-0.15, -0.1) is 0 Å². The second kappa shape index (κ2) is 7.02. The summed E-state index contributed by atoms with van der Waals surface area (Å²) < 4.78 is 1.27. The van der Waals surface area contributed by atoms with E-state index in [0.29, 0.717) is 10.0 Å². The molecule has 0 spiro atoms. The Morgan fingerprint density at radius 3 is 2.56 bits per heavy atom. The van der Waals surface area contributed by atoms with Crippen molar-refractivity contribution in [3.05, 3.63) is 52.0 Å². The molecule has 130 valence electrons. The molecule has 1 saturated heterocycles. The summed E-state index contributed by atoms with van der Waals surface area (Å²) in [5.41, 5.74) is 3.48. The van der Waals surface area contributed by atoms with Crippen molar-refractivity contribution in [2.24, 2.45) is 0 Å². The molecule has 0 radical (unpaired) electrons. The largest absolute Gasteiger partial charge is 0.367 e. The maximum atomic E-state index is 6.36. The molecule has 3 nitrogen and oxygen atoms in total. The molecule has 0 atom stereocenters. The van der Waals surface area contributed by atoms with Gasteiger partial charge in [0.25, 0.3) is 0 Å². The zero-order valence-corrected chi connectivity index (χ0v) is 16.3. The Kier molecular flexibility index (Phi) is 4.76. The van der Waals surface area contributed by atoms with Gasteiger partial charge in [0.2, 0.25) is 0 Å². The molecule has 25 heavy (non-hydrogen) atoms. The number of hydrogen-bond acceptors (Lipinski definition) is 4. The van der Waals surface area contributed by atoms with E-state index >= 15 is 0 Å². The second-order valence-electron chi connectivity index (χ2n) is 6.20. The van der Waals surface area contributed by atoms with Gasteiger partial charge in [-0.05, 0) is 36.2 Å². The van der Waals surface area contributed by atoms with E-state index in [-0.39, 0.29) is 0 Å². The summed E-state index contributed by atoms with van der Waals surface area (Å²) in [6, 6.07) is 12.4. The van der Waals surface area contributed by atoms with E-state index in [9.17, 15) is 0 Å². The van der Waals surface area contributed by atoms with Gasteiger partial charge in [-0.1, -0.05) is 53.6 Å². The molecule has 1 aromatic heterocycles. The van der Waals surface area contributed by atoms with Gasteiger partial charge in [0.15, 0.2) is 5.13 Å². The number of aryl methyl sites for hydroxylation is 1. The average Bonchev–Trinajstić information content (AvgIpc) is 3.07. The summed E-state index contributed by atoms with van der Waals surface area (Å²) in [6.07, 6.45) is 1.06. The van der Waals surface area contributed by atoms with Crippen LogP contribution in [-0.4, -0.2) is 31.2 Å². The van der Waals surface area contributed by atoms with Crippen molar-refractivity contribution in [2.75, 3.05) is 36.0 Å². The van der Waals surface area contributed by atoms with E-state index in [1.165, 1.54) is 10.3 Å². The molecule has 0 aliphatic carbocycles. The van der Waals surface area contributed by atoms with Gasteiger partial charge in [-0.3, -0.25) is 0 Å². The first-order valence-corrected chi connectivity index (χ1v) is 10.1. The first-order chi connectivity index (χ1) is 12.2. The topological polar surface area (TPSA) is 19.4 Å². The molecule has 6 heteroatoms. The highest BCUT2D eigenvalue weighted by atomic mass is 35.5. The Labute approximate surface area is 161 Å². The fourth-order valence-corrected chi connectivity index (χ4v) is 4.68. The lowest BCUT2D eigenvalue weighted by molar-refractivity contribution is 0.652. The molecule has 0 unspecified atom stereocenters. The van der Waals surface area contributed by atoms with Gasteiger partial charge in [0.05, 0.1) is 25.9 Å². The SMILES string of the molecule is CCc1ccc2nc(N3CCN(c4cccc(Cl)c4Cl)CC3)sc2c1. The molecule has 0 amide bonds. The number of thiazole rings is 1. The average molecular weight is 392 g/mol. The van der Waals surface area contributed by atoms with E-state index in [1.807, 2.05) is 18.2 Å². The summed E-state index contributed by atoms with van der Waals surface area (Å²) in [5, 5.41) is 2.37. The zero-order chi connectivity index (χ0) is 17.4. The summed E-state index contributed by atoms with van der Waals surface area (Å²) in [5.74, 6) is 0. The third kappa shape index (κ3) is 3.31.